The van der Waals surface area contributed by atoms with Crippen LogP contribution in [-0.2, 0) is 6.54 Å². The summed E-state index contributed by atoms with van der Waals surface area (Å²) in [4.78, 5) is 13.2. The highest BCUT2D eigenvalue weighted by molar-refractivity contribution is 7.13. The molecule has 0 unspecified atom stereocenters. The van der Waals surface area contributed by atoms with Crippen molar-refractivity contribution < 1.29 is 13.9 Å². The summed E-state index contributed by atoms with van der Waals surface area (Å²) >= 11 is 1.61. The van der Waals surface area contributed by atoms with Crippen LogP contribution in [0.4, 0.5) is 0 Å². The molecule has 0 atom stereocenters. The van der Waals surface area contributed by atoms with Gasteiger partial charge in [-0.1, -0.05) is 16.4 Å². The Morgan fingerprint density at radius 1 is 1.30 bits per heavy atom. The number of rotatable bonds is 6. The Bertz CT molecular complexity index is 1060. The van der Waals surface area contributed by atoms with Crippen molar-refractivity contribution in [2.45, 2.75) is 20.4 Å². The smallest absolute Gasteiger partial charge is 0.275 e. The molecule has 0 radical (unpaired) electrons. The van der Waals surface area contributed by atoms with Crippen LogP contribution in [0, 0.1) is 13.8 Å². The number of amides is 1. The first-order valence-electron chi connectivity index (χ1n) is 8.24. The van der Waals surface area contributed by atoms with Crippen molar-refractivity contribution in [3.05, 3.63) is 46.9 Å². The minimum atomic E-state index is -0.329. The highest BCUT2D eigenvalue weighted by atomic mass is 32.1. The number of carbonyl (C=O) groups is 1. The van der Waals surface area contributed by atoms with Crippen molar-refractivity contribution >= 4 is 17.2 Å². The van der Waals surface area contributed by atoms with E-state index in [0.717, 1.165) is 21.8 Å². The maximum absolute atomic E-state index is 12.1. The average Bonchev–Trinajstić information content (AvgIpc) is 3.40. The zero-order valence-electron chi connectivity index (χ0n) is 14.7. The molecule has 1 N–H and O–H groups in total. The van der Waals surface area contributed by atoms with Crippen LogP contribution in [0.5, 0.6) is 0 Å². The van der Waals surface area contributed by atoms with E-state index in [2.05, 4.69) is 30.5 Å². The summed E-state index contributed by atoms with van der Waals surface area (Å²) in [6.07, 6.45) is 1.75. The number of nitrogens with one attached hydrogen (secondary N) is 1. The second kappa shape index (κ2) is 7.16. The quantitative estimate of drug-likeness (QED) is 0.544. The van der Waals surface area contributed by atoms with Gasteiger partial charge in [-0.05, 0) is 30.5 Å². The number of carbonyl (C=O) groups excluding carboxylic acids is 1. The first kappa shape index (κ1) is 17.2. The predicted octanol–water partition coefficient (Wildman–Crippen LogP) is 2.70. The highest BCUT2D eigenvalue weighted by Crippen LogP contribution is 2.34. The Hall–Kier alpha value is -3.27. The molecule has 1 amide bonds. The summed E-state index contributed by atoms with van der Waals surface area (Å²) in [5, 5.41) is 20.5. The molecule has 0 saturated carbocycles. The van der Waals surface area contributed by atoms with Crippen molar-refractivity contribution in [3.8, 4) is 21.9 Å². The molecule has 0 saturated heterocycles. The van der Waals surface area contributed by atoms with Gasteiger partial charge in [-0.2, -0.15) is 5.10 Å². The van der Waals surface area contributed by atoms with Gasteiger partial charge in [-0.3, -0.25) is 9.48 Å². The lowest BCUT2D eigenvalue weighted by molar-refractivity contribution is 0.0941. The molecule has 138 valence electrons. The summed E-state index contributed by atoms with van der Waals surface area (Å²) in [5.41, 5.74) is 3.23. The molecule has 0 spiro atoms. The van der Waals surface area contributed by atoms with Crippen LogP contribution >= 0.6 is 11.3 Å². The van der Waals surface area contributed by atoms with E-state index >= 15 is 0 Å². The van der Waals surface area contributed by atoms with Gasteiger partial charge in [0.2, 0.25) is 0 Å². The molecular weight excluding hydrogens is 368 g/mol. The van der Waals surface area contributed by atoms with E-state index in [-0.39, 0.29) is 11.6 Å². The van der Waals surface area contributed by atoms with Gasteiger partial charge in [0.1, 0.15) is 5.69 Å². The van der Waals surface area contributed by atoms with Crippen molar-refractivity contribution in [2.24, 2.45) is 0 Å². The van der Waals surface area contributed by atoms with Crippen LogP contribution in [0.2, 0.25) is 0 Å². The van der Waals surface area contributed by atoms with Crippen molar-refractivity contribution in [2.75, 3.05) is 6.54 Å². The Morgan fingerprint density at radius 2 is 2.19 bits per heavy atom. The number of hydrogen-bond acceptors (Lipinski definition) is 8. The number of thiophene rings is 1. The zero-order valence-corrected chi connectivity index (χ0v) is 15.5. The SMILES string of the molecule is Cc1cc(-c2cnn(CCNC(=O)c3nonc3C)c2-c2cccs2)on1. The van der Waals surface area contributed by atoms with Crippen LogP contribution in [-0.4, -0.2) is 37.7 Å². The number of aryl methyl sites for hydroxylation is 2. The third-order valence-corrected chi connectivity index (χ3v) is 4.84. The second-order valence-electron chi connectivity index (χ2n) is 5.89. The first-order valence-corrected chi connectivity index (χ1v) is 9.12. The van der Waals surface area contributed by atoms with E-state index in [0.29, 0.717) is 24.5 Å². The molecule has 4 aromatic heterocycles. The predicted molar refractivity (Wildman–Crippen MR) is 97.1 cm³/mol. The summed E-state index contributed by atoms with van der Waals surface area (Å²) in [5.74, 6) is 0.333. The molecule has 4 rings (SSSR count). The molecule has 0 aromatic carbocycles. The molecular formula is C17H16N6O3S. The molecule has 9 nitrogen and oxygen atoms in total. The van der Waals surface area contributed by atoms with Gasteiger partial charge < -0.3 is 9.84 Å². The third-order valence-electron chi connectivity index (χ3n) is 3.96. The fourth-order valence-corrected chi connectivity index (χ4v) is 3.48. The van der Waals surface area contributed by atoms with Gasteiger partial charge in [0.25, 0.3) is 5.91 Å². The first-order chi connectivity index (χ1) is 13.1. The van der Waals surface area contributed by atoms with Gasteiger partial charge in [-0.25, -0.2) is 4.63 Å². The molecule has 0 bridgehead atoms. The minimum absolute atomic E-state index is 0.187. The molecule has 0 fully saturated rings. The second-order valence-corrected chi connectivity index (χ2v) is 6.84. The normalized spacial score (nSPS) is 11.0. The van der Waals surface area contributed by atoms with E-state index < -0.39 is 0 Å². The number of nitrogens with zero attached hydrogens (tertiary/aromatic N) is 5. The summed E-state index contributed by atoms with van der Waals surface area (Å²) in [7, 11) is 0. The molecule has 10 heteroatoms. The maximum Gasteiger partial charge on any atom is 0.275 e. The van der Waals surface area contributed by atoms with Gasteiger partial charge in [-0.15, -0.1) is 11.3 Å². The molecule has 0 aliphatic rings. The molecule has 4 aromatic rings. The van der Waals surface area contributed by atoms with Crippen molar-refractivity contribution in [3.63, 3.8) is 0 Å². The van der Waals surface area contributed by atoms with Crippen LogP contribution in [0.3, 0.4) is 0 Å². The lowest BCUT2D eigenvalue weighted by Crippen LogP contribution is -2.28. The molecule has 4 heterocycles. The van der Waals surface area contributed by atoms with Crippen LogP contribution < -0.4 is 5.32 Å². The Labute approximate surface area is 157 Å². The summed E-state index contributed by atoms with van der Waals surface area (Å²) < 4.78 is 11.8. The third kappa shape index (κ3) is 3.38. The lowest BCUT2D eigenvalue weighted by Gasteiger charge is -2.08. The molecule has 27 heavy (non-hydrogen) atoms. The van der Waals surface area contributed by atoms with Gasteiger partial charge in [0, 0.05) is 12.6 Å². The summed E-state index contributed by atoms with van der Waals surface area (Å²) in [6.45, 7) is 4.40. The van der Waals surface area contributed by atoms with E-state index in [1.165, 1.54) is 0 Å². The average molecular weight is 384 g/mol. The monoisotopic (exact) mass is 384 g/mol. The largest absolute Gasteiger partial charge is 0.356 e. The lowest BCUT2D eigenvalue weighted by atomic mass is 10.1. The van der Waals surface area contributed by atoms with Crippen LogP contribution in [0.1, 0.15) is 21.9 Å². The standard InChI is InChI=1S/C17H16N6O3S/c1-10-8-13(25-20-10)12-9-19-23(16(12)14-4-3-7-27-14)6-5-18-17(24)15-11(2)21-26-22-15/h3-4,7-9H,5-6H2,1-2H3,(H,18,24). The fourth-order valence-electron chi connectivity index (χ4n) is 2.70. The minimum Gasteiger partial charge on any atom is -0.356 e. The Morgan fingerprint density at radius 3 is 2.85 bits per heavy atom. The van der Waals surface area contributed by atoms with E-state index in [1.54, 1.807) is 24.5 Å². The Kier molecular flexibility index (Phi) is 4.55. The molecule has 0 aliphatic heterocycles. The van der Waals surface area contributed by atoms with Crippen LogP contribution in [0.15, 0.2) is 38.9 Å². The highest BCUT2D eigenvalue weighted by Gasteiger charge is 2.19. The summed E-state index contributed by atoms with van der Waals surface area (Å²) in [6, 6.07) is 5.88. The number of hydrogen-bond donors (Lipinski definition) is 1. The van der Waals surface area contributed by atoms with E-state index in [9.17, 15) is 4.79 Å². The van der Waals surface area contributed by atoms with Crippen LogP contribution in [0.25, 0.3) is 21.9 Å². The molecule has 0 aliphatic carbocycles. The number of aromatic nitrogens is 5. The zero-order chi connectivity index (χ0) is 18.8. The van der Waals surface area contributed by atoms with E-state index in [1.807, 2.05) is 35.2 Å². The van der Waals surface area contributed by atoms with Gasteiger partial charge in [0.05, 0.1) is 34.6 Å². The fraction of sp³-hybridized carbons (Fsp3) is 0.235. The topological polar surface area (TPSA) is 112 Å². The van der Waals surface area contributed by atoms with E-state index in [4.69, 9.17) is 4.52 Å². The maximum atomic E-state index is 12.1. The van der Waals surface area contributed by atoms with Gasteiger partial charge in [0.15, 0.2) is 11.5 Å². The Balaban J connectivity index is 1.55. The van der Waals surface area contributed by atoms with Crippen molar-refractivity contribution in [1.82, 2.24) is 30.6 Å². The van der Waals surface area contributed by atoms with Gasteiger partial charge >= 0.3 is 0 Å². The van der Waals surface area contributed by atoms with Crippen molar-refractivity contribution in [1.29, 1.82) is 0 Å².